The minimum atomic E-state index is -0.272. The van der Waals surface area contributed by atoms with Crippen LogP contribution in [0.4, 0.5) is 5.95 Å². The van der Waals surface area contributed by atoms with Gasteiger partial charge in [0.25, 0.3) is 5.91 Å². The molecule has 4 rings (SSSR count). The maximum atomic E-state index is 12.7. The Bertz CT molecular complexity index is 836. The molecule has 2 aromatic heterocycles. The van der Waals surface area contributed by atoms with Crippen LogP contribution in [0, 0.1) is 11.3 Å². The van der Waals surface area contributed by atoms with E-state index in [1.165, 1.54) is 0 Å². The summed E-state index contributed by atoms with van der Waals surface area (Å²) in [6.45, 7) is 3.37. The predicted octanol–water partition coefficient (Wildman–Crippen LogP) is 1.49. The number of anilines is 1. The number of nitrogens with zero attached hydrogens (tertiary/aromatic N) is 5. The average molecular weight is 352 g/mol. The smallest absolute Gasteiger partial charge is 0.255 e. The molecule has 4 heterocycles. The fraction of sp³-hybridized carbons (Fsp3) is 0.444. The molecule has 8 heteroatoms. The maximum Gasteiger partial charge on any atom is 0.255 e. The van der Waals surface area contributed by atoms with E-state index < -0.39 is 0 Å². The number of amides is 1. The van der Waals surface area contributed by atoms with Crippen LogP contribution in [-0.2, 0) is 4.74 Å². The summed E-state index contributed by atoms with van der Waals surface area (Å²) in [6.07, 6.45) is 5.38. The van der Waals surface area contributed by atoms with Crippen LogP contribution in [0.2, 0.25) is 0 Å². The quantitative estimate of drug-likeness (QED) is 0.899. The van der Waals surface area contributed by atoms with Gasteiger partial charge >= 0.3 is 0 Å². The van der Waals surface area contributed by atoms with Crippen molar-refractivity contribution >= 4 is 11.9 Å². The molecule has 1 N–H and O–H groups in total. The van der Waals surface area contributed by atoms with E-state index in [4.69, 9.17) is 10.00 Å². The van der Waals surface area contributed by atoms with Gasteiger partial charge in [-0.25, -0.2) is 9.97 Å². The summed E-state index contributed by atoms with van der Waals surface area (Å²) in [4.78, 5) is 28.4. The second-order valence-corrected chi connectivity index (χ2v) is 6.50. The van der Waals surface area contributed by atoms with E-state index in [2.05, 4.69) is 19.9 Å². The highest BCUT2D eigenvalue weighted by atomic mass is 16.5. The molecule has 0 bridgehead atoms. The summed E-state index contributed by atoms with van der Waals surface area (Å²) in [7, 11) is 0. The number of rotatable bonds is 3. The van der Waals surface area contributed by atoms with Crippen molar-refractivity contribution in [3.8, 4) is 6.07 Å². The van der Waals surface area contributed by atoms with Gasteiger partial charge in [0.1, 0.15) is 17.9 Å². The van der Waals surface area contributed by atoms with E-state index >= 15 is 0 Å². The van der Waals surface area contributed by atoms with Crippen LogP contribution in [-0.4, -0.2) is 58.5 Å². The average Bonchev–Trinajstić information content (AvgIpc) is 3.39. The summed E-state index contributed by atoms with van der Waals surface area (Å²) >= 11 is 0. The molecule has 0 radical (unpaired) electrons. The normalized spacial score (nSPS) is 20.2. The van der Waals surface area contributed by atoms with E-state index in [1.54, 1.807) is 23.4 Å². The van der Waals surface area contributed by atoms with Gasteiger partial charge in [-0.15, -0.1) is 0 Å². The molecule has 8 nitrogen and oxygen atoms in total. The molecule has 0 saturated carbocycles. The Hall–Kier alpha value is -2.92. The summed E-state index contributed by atoms with van der Waals surface area (Å²) < 4.78 is 5.86. The van der Waals surface area contributed by atoms with Crippen LogP contribution < -0.4 is 4.90 Å². The summed E-state index contributed by atoms with van der Waals surface area (Å²) in [5.41, 5.74) is 1.66. The first kappa shape index (κ1) is 16.5. The molecular formula is C18H20N6O2. The molecule has 1 atom stereocenters. The number of hydrogen-bond donors (Lipinski definition) is 1. The molecule has 0 aliphatic carbocycles. The van der Waals surface area contributed by atoms with Crippen molar-refractivity contribution in [3.05, 3.63) is 41.5 Å². The van der Waals surface area contributed by atoms with E-state index in [0.29, 0.717) is 31.0 Å². The number of carbonyl (C=O) groups is 1. The summed E-state index contributed by atoms with van der Waals surface area (Å²) in [5, 5.41) is 8.91. The lowest BCUT2D eigenvalue weighted by atomic mass is 10.1. The van der Waals surface area contributed by atoms with Gasteiger partial charge in [-0.3, -0.25) is 4.79 Å². The molecular weight excluding hydrogens is 332 g/mol. The van der Waals surface area contributed by atoms with Crippen LogP contribution in [0.25, 0.3) is 0 Å². The Morgan fingerprint density at radius 3 is 2.96 bits per heavy atom. The summed E-state index contributed by atoms with van der Waals surface area (Å²) in [5.74, 6) is 0.626. The van der Waals surface area contributed by atoms with Crippen molar-refractivity contribution < 1.29 is 9.53 Å². The van der Waals surface area contributed by atoms with Gasteiger partial charge in [0.05, 0.1) is 24.4 Å². The van der Waals surface area contributed by atoms with E-state index in [-0.39, 0.29) is 12.0 Å². The zero-order valence-electron chi connectivity index (χ0n) is 14.4. The summed E-state index contributed by atoms with van der Waals surface area (Å²) in [6, 6.07) is 5.42. The molecule has 0 aromatic carbocycles. The number of nitrogens with one attached hydrogen (secondary N) is 1. The third-order valence-corrected chi connectivity index (χ3v) is 4.79. The highest BCUT2D eigenvalue weighted by molar-refractivity contribution is 5.94. The SMILES string of the molecule is N#Cc1cc(C(=O)N2CCO[C@@H](c3ccnc(N4CCCC4)n3)C2)c[nH]1. The lowest BCUT2D eigenvalue weighted by molar-refractivity contribution is -0.0247. The minimum Gasteiger partial charge on any atom is -0.368 e. The minimum absolute atomic E-state index is 0.107. The first-order valence-electron chi connectivity index (χ1n) is 8.82. The molecule has 134 valence electrons. The highest BCUT2D eigenvalue weighted by Gasteiger charge is 2.28. The molecule has 0 unspecified atom stereocenters. The van der Waals surface area contributed by atoms with Gasteiger partial charge in [-0.05, 0) is 25.0 Å². The number of aromatic nitrogens is 3. The van der Waals surface area contributed by atoms with Gasteiger partial charge in [0.2, 0.25) is 5.95 Å². The predicted molar refractivity (Wildman–Crippen MR) is 93.6 cm³/mol. The zero-order chi connectivity index (χ0) is 17.9. The van der Waals surface area contributed by atoms with Gasteiger partial charge in [0, 0.05) is 32.0 Å². The molecule has 2 aliphatic rings. The van der Waals surface area contributed by atoms with Crippen molar-refractivity contribution in [2.24, 2.45) is 0 Å². The van der Waals surface area contributed by atoms with Crippen molar-refractivity contribution in [2.45, 2.75) is 18.9 Å². The van der Waals surface area contributed by atoms with Crippen molar-refractivity contribution in [1.82, 2.24) is 19.9 Å². The van der Waals surface area contributed by atoms with Crippen LogP contribution in [0.3, 0.4) is 0 Å². The molecule has 0 spiro atoms. The third kappa shape index (κ3) is 3.26. The Labute approximate surface area is 151 Å². The number of hydrogen-bond acceptors (Lipinski definition) is 6. The monoisotopic (exact) mass is 352 g/mol. The second kappa shape index (κ2) is 7.14. The van der Waals surface area contributed by atoms with Crippen LogP contribution >= 0.6 is 0 Å². The Kier molecular flexibility index (Phi) is 4.54. The van der Waals surface area contributed by atoms with E-state index in [1.807, 2.05) is 12.1 Å². The fourth-order valence-corrected chi connectivity index (χ4v) is 3.39. The van der Waals surface area contributed by atoms with Crippen LogP contribution in [0.5, 0.6) is 0 Å². The second-order valence-electron chi connectivity index (χ2n) is 6.50. The Morgan fingerprint density at radius 1 is 1.35 bits per heavy atom. The van der Waals surface area contributed by atoms with E-state index in [0.717, 1.165) is 37.6 Å². The molecule has 2 saturated heterocycles. The first-order valence-corrected chi connectivity index (χ1v) is 8.82. The number of morpholine rings is 1. The van der Waals surface area contributed by atoms with Gasteiger partial charge < -0.3 is 19.5 Å². The number of aromatic amines is 1. The molecule has 2 aliphatic heterocycles. The number of H-pyrrole nitrogens is 1. The number of carbonyl (C=O) groups excluding carboxylic acids is 1. The van der Waals surface area contributed by atoms with Gasteiger partial charge in [-0.2, -0.15) is 5.26 Å². The third-order valence-electron chi connectivity index (χ3n) is 4.79. The molecule has 26 heavy (non-hydrogen) atoms. The fourth-order valence-electron chi connectivity index (χ4n) is 3.39. The lowest BCUT2D eigenvalue weighted by Crippen LogP contribution is -2.42. The van der Waals surface area contributed by atoms with Crippen LogP contribution in [0.15, 0.2) is 24.5 Å². The van der Waals surface area contributed by atoms with Crippen molar-refractivity contribution in [2.75, 3.05) is 37.7 Å². The molecule has 2 fully saturated rings. The highest BCUT2D eigenvalue weighted by Crippen LogP contribution is 2.24. The Morgan fingerprint density at radius 2 is 2.19 bits per heavy atom. The van der Waals surface area contributed by atoms with Gasteiger partial charge in [-0.1, -0.05) is 0 Å². The van der Waals surface area contributed by atoms with Gasteiger partial charge in [0.15, 0.2) is 0 Å². The molecule has 1 amide bonds. The topological polar surface area (TPSA) is 98.1 Å². The van der Waals surface area contributed by atoms with E-state index in [9.17, 15) is 4.79 Å². The van der Waals surface area contributed by atoms with Crippen molar-refractivity contribution in [3.63, 3.8) is 0 Å². The lowest BCUT2D eigenvalue weighted by Gasteiger charge is -2.32. The Balaban J connectivity index is 1.49. The number of nitriles is 1. The van der Waals surface area contributed by atoms with Crippen molar-refractivity contribution in [1.29, 1.82) is 5.26 Å². The zero-order valence-corrected chi connectivity index (χ0v) is 14.4. The first-order chi connectivity index (χ1) is 12.7. The largest absolute Gasteiger partial charge is 0.368 e. The standard InChI is InChI=1S/C18H20N6O2/c19-10-14-9-13(11-21-14)17(25)24-7-8-26-16(12-24)15-3-4-20-18(22-15)23-5-1-2-6-23/h3-4,9,11,16,21H,1-2,5-8,12H2/t16-/m1/s1. The van der Waals surface area contributed by atoms with Crippen LogP contribution in [0.1, 0.15) is 40.7 Å². The maximum absolute atomic E-state index is 12.7. The molecule has 2 aromatic rings. The number of ether oxygens (including phenoxy) is 1.